The molecular formula is C19H36N4O8. The molecule has 10 atom stereocenters. The van der Waals surface area contributed by atoms with Gasteiger partial charge >= 0.3 is 0 Å². The summed E-state index contributed by atoms with van der Waals surface area (Å²) in [6.07, 6.45) is -2.33. The van der Waals surface area contributed by atoms with Gasteiger partial charge in [-0.05, 0) is 12.5 Å². The van der Waals surface area contributed by atoms with Crippen LogP contribution in [-0.4, -0.2) is 120 Å². The topological polar surface area (TPSA) is 157 Å². The molecule has 12 heteroatoms. The molecule has 0 aromatic carbocycles. The zero-order chi connectivity index (χ0) is 23.2. The first kappa shape index (κ1) is 26.2. The second-order valence-electron chi connectivity index (χ2n) is 7.99. The number of hydrogen-bond acceptors (Lipinski definition) is 10. The monoisotopic (exact) mass is 448 g/mol. The maximum Gasteiger partial charge on any atom is 0.108 e. The number of hydrogen-bond donors (Lipinski definition) is 3. The van der Waals surface area contributed by atoms with Gasteiger partial charge in [-0.2, -0.15) is 0 Å². The maximum atomic E-state index is 11.6. The van der Waals surface area contributed by atoms with E-state index in [1.807, 2.05) is 6.92 Å². The Morgan fingerprint density at radius 3 is 2.19 bits per heavy atom. The Labute approximate surface area is 182 Å². The van der Waals surface area contributed by atoms with Crippen LogP contribution in [0.15, 0.2) is 5.11 Å². The van der Waals surface area contributed by atoms with Crippen LogP contribution in [0.5, 0.6) is 0 Å². The van der Waals surface area contributed by atoms with Crippen molar-refractivity contribution in [3.8, 4) is 0 Å². The number of aliphatic hydroxyl groups is 2. The van der Waals surface area contributed by atoms with Crippen molar-refractivity contribution in [1.82, 2.24) is 5.32 Å². The number of nitrogens with one attached hydrogen (secondary N) is 1. The van der Waals surface area contributed by atoms with Crippen molar-refractivity contribution in [3.05, 3.63) is 10.4 Å². The van der Waals surface area contributed by atoms with E-state index in [0.717, 1.165) is 0 Å². The van der Waals surface area contributed by atoms with Crippen LogP contribution in [0.1, 0.15) is 6.92 Å². The molecular weight excluding hydrogens is 412 g/mol. The zero-order valence-corrected chi connectivity index (χ0v) is 19.0. The van der Waals surface area contributed by atoms with E-state index in [-0.39, 0.29) is 31.0 Å². The maximum absolute atomic E-state index is 11.6. The minimum absolute atomic E-state index is 0.179. The van der Waals surface area contributed by atoms with Crippen LogP contribution in [-0.2, 0) is 28.4 Å². The number of azide groups is 1. The highest BCUT2D eigenvalue weighted by Crippen LogP contribution is 2.40. The van der Waals surface area contributed by atoms with Crippen molar-refractivity contribution in [1.29, 1.82) is 0 Å². The molecule has 2 rings (SSSR count). The Bertz CT molecular complexity index is 609. The predicted molar refractivity (Wildman–Crippen MR) is 110 cm³/mol. The molecule has 31 heavy (non-hydrogen) atoms. The lowest BCUT2D eigenvalue weighted by atomic mass is 9.67. The third-order valence-electron chi connectivity index (χ3n) is 6.57. The van der Waals surface area contributed by atoms with Gasteiger partial charge < -0.3 is 44.0 Å². The van der Waals surface area contributed by atoms with Crippen LogP contribution >= 0.6 is 0 Å². The minimum atomic E-state index is -1.72. The molecule has 12 nitrogen and oxygen atoms in total. The van der Waals surface area contributed by atoms with E-state index in [0.29, 0.717) is 6.61 Å². The lowest BCUT2D eigenvalue weighted by molar-refractivity contribution is -0.218. The molecule has 0 aromatic rings. The summed E-state index contributed by atoms with van der Waals surface area (Å²) in [4.78, 5) is 2.96. The fourth-order valence-corrected chi connectivity index (χ4v) is 5.00. The summed E-state index contributed by atoms with van der Waals surface area (Å²) in [7, 11) is 7.57. The molecule has 1 heterocycles. The first-order chi connectivity index (χ1) is 14.9. The normalized spacial score (nSPS) is 43.4. The van der Waals surface area contributed by atoms with Crippen molar-refractivity contribution in [2.24, 2.45) is 11.0 Å². The van der Waals surface area contributed by atoms with Crippen LogP contribution in [0.3, 0.4) is 0 Å². The van der Waals surface area contributed by atoms with E-state index in [9.17, 15) is 15.7 Å². The predicted octanol–water partition coefficient (Wildman–Crippen LogP) is -0.530. The van der Waals surface area contributed by atoms with Crippen molar-refractivity contribution >= 4 is 0 Å². The second kappa shape index (κ2) is 11.7. The molecule has 0 spiro atoms. The summed E-state index contributed by atoms with van der Waals surface area (Å²) < 4.78 is 33.7. The zero-order valence-electron chi connectivity index (χ0n) is 19.0. The fourth-order valence-electron chi connectivity index (χ4n) is 5.00. The van der Waals surface area contributed by atoms with Gasteiger partial charge in [-0.15, -0.1) is 0 Å². The Balaban J connectivity index is 2.52. The number of methoxy groups -OCH3 is 5. The average Bonchev–Trinajstić information content (AvgIpc) is 2.76. The number of rotatable bonds is 10. The molecule has 1 saturated heterocycles. The first-order valence-corrected chi connectivity index (χ1v) is 10.2. The van der Waals surface area contributed by atoms with E-state index in [1.54, 1.807) is 14.2 Å². The first-order valence-electron chi connectivity index (χ1n) is 10.2. The summed E-state index contributed by atoms with van der Waals surface area (Å²) in [6, 6.07) is -2.13. The average molecular weight is 449 g/mol. The summed E-state index contributed by atoms with van der Waals surface area (Å²) in [6.45, 7) is 1.67. The van der Waals surface area contributed by atoms with Gasteiger partial charge in [-0.1, -0.05) is 5.11 Å². The fraction of sp³-hybridized carbons (Fsp3) is 1.00. The summed E-state index contributed by atoms with van der Waals surface area (Å²) >= 11 is 0. The highest BCUT2D eigenvalue weighted by molar-refractivity contribution is 5.15. The van der Waals surface area contributed by atoms with Gasteiger partial charge in [-0.25, -0.2) is 0 Å². The van der Waals surface area contributed by atoms with Gasteiger partial charge in [-0.3, -0.25) is 0 Å². The molecule has 2 fully saturated rings. The van der Waals surface area contributed by atoms with E-state index in [1.165, 1.54) is 21.3 Å². The van der Waals surface area contributed by atoms with Gasteiger partial charge in [0.1, 0.15) is 17.8 Å². The largest absolute Gasteiger partial charge is 0.396 e. The summed E-state index contributed by atoms with van der Waals surface area (Å²) in [5.41, 5.74) is 7.57. The molecule has 0 aromatic heterocycles. The molecule has 5 unspecified atom stereocenters. The minimum Gasteiger partial charge on any atom is -0.396 e. The number of ether oxygens (including phenoxy) is 6. The SMILES string of the molecule is COCC1(O)C(N=[N+]=[N-])[C@@H](N[C@H]2C(C)OCC(OC)[C@@H]2OC)C(OC)[C@H](OC)[C@H]1CO. The van der Waals surface area contributed by atoms with Crippen LogP contribution in [0.2, 0.25) is 0 Å². The highest BCUT2D eigenvalue weighted by Gasteiger charge is 2.60. The van der Waals surface area contributed by atoms with Crippen LogP contribution in [0.4, 0.5) is 0 Å². The molecule has 0 amide bonds. The van der Waals surface area contributed by atoms with Crippen molar-refractivity contribution in [2.45, 2.75) is 61.2 Å². The molecule has 1 aliphatic heterocycles. The van der Waals surface area contributed by atoms with Crippen molar-refractivity contribution in [2.75, 3.05) is 55.4 Å². The lowest BCUT2D eigenvalue weighted by Gasteiger charge is -2.55. The molecule has 2 aliphatic rings. The quantitative estimate of drug-likeness (QED) is 0.227. The Morgan fingerprint density at radius 2 is 1.71 bits per heavy atom. The van der Waals surface area contributed by atoms with E-state index in [4.69, 9.17) is 28.4 Å². The lowest BCUT2D eigenvalue weighted by Crippen LogP contribution is -2.76. The van der Waals surface area contributed by atoms with Crippen LogP contribution < -0.4 is 5.32 Å². The molecule has 180 valence electrons. The Morgan fingerprint density at radius 1 is 1.06 bits per heavy atom. The molecule has 3 N–H and O–H groups in total. The second-order valence-corrected chi connectivity index (χ2v) is 7.99. The molecule has 0 radical (unpaired) electrons. The molecule has 1 aliphatic carbocycles. The summed E-state index contributed by atoms with van der Waals surface area (Å²) in [5.74, 6) is -0.819. The standard InChI is InChI=1S/C19H36N4O8/c1-10-13(16(29-5)12(27-3)8-31-10)21-14-17(30-6)15(28-4)11(7-24)19(25,9-26-2)18(14)22-23-20/h10-18,21,24-25H,7-9H2,1-6H3/t10?,11-,12?,13+,14+,15-,16+,17?,18?,19?/m1/s1. The Hall–Kier alpha value is -1.05. The van der Waals surface area contributed by atoms with Gasteiger partial charge in [0.25, 0.3) is 0 Å². The van der Waals surface area contributed by atoms with Gasteiger partial charge in [0, 0.05) is 52.4 Å². The van der Waals surface area contributed by atoms with Crippen molar-refractivity contribution < 1.29 is 38.6 Å². The number of aliphatic hydroxyl groups excluding tert-OH is 1. The van der Waals surface area contributed by atoms with Crippen LogP contribution in [0.25, 0.3) is 10.4 Å². The van der Waals surface area contributed by atoms with E-state index < -0.39 is 42.4 Å². The van der Waals surface area contributed by atoms with Gasteiger partial charge in [0.2, 0.25) is 0 Å². The van der Waals surface area contributed by atoms with Crippen LogP contribution in [0, 0.1) is 5.92 Å². The van der Waals surface area contributed by atoms with Gasteiger partial charge in [0.15, 0.2) is 0 Å². The smallest absolute Gasteiger partial charge is 0.108 e. The van der Waals surface area contributed by atoms with Crippen molar-refractivity contribution in [3.63, 3.8) is 0 Å². The summed E-state index contributed by atoms with van der Waals surface area (Å²) in [5, 5.41) is 29.0. The highest BCUT2D eigenvalue weighted by atomic mass is 16.6. The third-order valence-corrected chi connectivity index (χ3v) is 6.57. The van der Waals surface area contributed by atoms with Gasteiger partial charge in [0.05, 0.1) is 50.2 Å². The third kappa shape index (κ3) is 4.98. The number of nitrogens with zero attached hydrogens (tertiary/aromatic N) is 3. The van der Waals surface area contributed by atoms with E-state index >= 15 is 0 Å². The molecule has 1 saturated carbocycles. The Kier molecular flexibility index (Phi) is 9.90. The molecule has 0 bridgehead atoms. The van der Waals surface area contributed by atoms with E-state index in [2.05, 4.69) is 15.3 Å².